The van der Waals surface area contributed by atoms with Gasteiger partial charge in [0, 0.05) is 32.2 Å². The van der Waals surface area contributed by atoms with E-state index in [0.29, 0.717) is 11.7 Å². The molecule has 0 atom stereocenters. The minimum atomic E-state index is 0.268. The van der Waals surface area contributed by atoms with Crippen molar-refractivity contribution >= 4 is 11.6 Å². The Morgan fingerprint density at radius 3 is 2.79 bits per heavy atom. The highest BCUT2D eigenvalue weighted by molar-refractivity contribution is 5.48. The first-order valence-electron chi connectivity index (χ1n) is 6.92. The molecule has 0 unspecified atom stereocenters. The van der Waals surface area contributed by atoms with Gasteiger partial charge in [-0.25, -0.2) is 15.8 Å². The van der Waals surface area contributed by atoms with Crippen LogP contribution in [0.4, 0.5) is 11.6 Å². The van der Waals surface area contributed by atoms with Crippen LogP contribution in [0, 0.1) is 0 Å². The third-order valence-corrected chi connectivity index (χ3v) is 3.36. The molecule has 6 heteroatoms. The third-order valence-electron chi connectivity index (χ3n) is 3.36. The van der Waals surface area contributed by atoms with Crippen molar-refractivity contribution in [1.29, 1.82) is 0 Å². The van der Waals surface area contributed by atoms with E-state index >= 15 is 0 Å². The Balaban J connectivity index is 1.98. The molecule has 6 nitrogen and oxygen atoms in total. The standard InChI is InChI=1S/C13H23N5O/c1-18(7-3-2-4-8-19)12-9-11(17-14)15-13(16-12)10-5-6-10/h9-10,19H,2-8,14H2,1H3,(H,15,16,17). The third kappa shape index (κ3) is 4.04. The van der Waals surface area contributed by atoms with Crippen LogP contribution in [0.25, 0.3) is 0 Å². The predicted molar refractivity (Wildman–Crippen MR) is 76.0 cm³/mol. The fourth-order valence-electron chi connectivity index (χ4n) is 2.00. The zero-order valence-electron chi connectivity index (χ0n) is 11.5. The van der Waals surface area contributed by atoms with E-state index in [1.165, 1.54) is 12.8 Å². The predicted octanol–water partition coefficient (Wildman–Crippen LogP) is 1.24. The van der Waals surface area contributed by atoms with Crippen LogP contribution >= 0.6 is 0 Å². The molecule has 4 N–H and O–H groups in total. The lowest BCUT2D eigenvalue weighted by molar-refractivity contribution is 0.283. The molecule has 1 aromatic rings. The van der Waals surface area contributed by atoms with E-state index in [1.54, 1.807) is 0 Å². The van der Waals surface area contributed by atoms with Gasteiger partial charge in [-0.3, -0.25) is 0 Å². The number of aromatic nitrogens is 2. The van der Waals surface area contributed by atoms with Crippen molar-refractivity contribution < 1.29 is 5.11 Å². The molecule has 1 aliphatic rings. The van der Waals surface area contributed by atoms with E-state index < -0.39 is 0 Å². The number of nitrogens with zero attached hydrogens (tertiary/aromatic N) is 3. The lowest BCUT2D eigenvalue weighted by atomic mass is 10.2. The highest BCUT2D eigenvalue weighted by Crippen LogP contribution is 2.39. The second kappa shape index (κ2) is 6.68. The van der Waals surface area contributed by atoms with Crippen molar-refractivity contribution in [3.05, 3.63) is 11.9 Å². The molecule has 1 heterocycles. The molecular weight excluding hydrogens is 242 g/mol. The number of nitrogen functional groups attached to an aromatic ring is 1. The molecule has 0 radical (unpaired) electrons. The zero-order valence-corrected chi connectivity index (χ0v) is 11.5. The summed E-state index contributed by atoms with van der Waals surface area (Å²) in [5.41, 5.74) is 2.61. The first-order valence-corrected chi connectivity index (χ1v) is 6.92. The van der Waals surface area contributed by atoms with Crippen molar-refractivity contribution in [3.8, 4) is 0 Å². The van der Waals surface area contributed by atoms with Crippen LogP contribution in [0.5, 0.6) is 0 Å². The molecule has 19 heavy (non-hydrogen) atoms. The topological polar surface area (TPSA) is 87.3 Å². The maximum Gasteiger partial charge on any atom is 0.145 e. The molecule has 2 rings (SSSR count). The van der Waals surface area contributed by atoms with Crippen molar-refractivity contribution in [1.82, 2.24) is 9.97 Å². The molecule has 0 saturated heterocycles. The second-order valence-corrected chi connectivity index (χ2v) is 5.09. The van der Waals surface area contributed by atoms with Gasteiger partial charge in [-0.2, -0.15) is 0 Å². The van der Waals surface area contributed by atoms with Gasteiger partial charge in [0.25, 0.3) is 0 Å². The van der Waals surface area contributed by atoms with E-state index in [4.69, 9.17) is 10.9 Å². The summed E-state index contributed by atoms with van der Waals surface area (Å²) in [7, 11) is 2.03. The summed E-state index contributed by atoms with van der Waals surface area (Å²) in [6.45, 7) is 1.19. The lowest BCUT2D eigenvalue weighted by Crippen LogP contribution is -2.21. The molecule has 1 aliphatic carbocycles. The second-order valence-electron chi connectivity index (χ2n) is 5.09. The number of nitrogens with two attached hydrogens (primary N) is 1. The van der Waals surface area contributed by atoms with Crippen molar-refractivity contribution in [2.75, 3.05) is 30.5 Å². The molecule has 0 aliphatic heterocycles. The maximum absolute atomic E-state index is 8.76. The Morgan fingerprint density at radius 2 is 2.16 bits per heavy atom. The monoisotopic (exact) mass is 265 g/mol. The highest BCUT2D eigenvalue weighted by atomic mass is 16.2. The van der Waals surface area contributed by atoms with Gasteiger partial charge in [-0.1, -0.05) is 0 Å². The van der Waals surface area contributed by atoms with E-state index in [2.05, 4.69) is 20.3 Å². The van der Waals surface area contributed by atoms with Crippen LogP contribution in [-0.2, 0) is 0 Å². The Kier molecular flexibility index (Phi) is 4.93. The summed E-state index contributed by atoms with van der Waals surface area (Å²) in [5.74, 6) is 8.45. The number of hydrogen-bond acceptors (Lipinski definition) is 6. The molecule has 106 valence electrons. The smallest absolute Gasteiger partial charge is 0.145 e. The van der Waals surface area contributed by atoms with Crippen LogP contribution < -0.4 is 16.2 Å². The number of anilines is 2. The quantitative estimate of drug-likeness (QED) is 0.372. The van der Waals surface area contributed by atoms with E-state index in [9.17, 15) is 0 Å². The summed E-state index contributed by atoms with van der Waals surface area (Å²) >= 11 is 0. The van der Waals surface area contributed by atoms with E-state index in [-0.39, 0.29) is 6.61 Å². The van der Waals surface area contributed by atoms with Gasteiger partial charge in [0.2, 0.25) is 0 Å². The Bertz CT molecular complexity index is 408. The lowest BCUT2D eigenvalue weighted by Gasteiger charge is -2.19. The first-order chi connectivity index (χ1) is 9.24. The number of aliphatic hydroxyl groups excluding tert-OH is 1. The van der Waals surface area contributed by atoms with Gasteiger partial charge >= 0.3 is 0 Å². The Hall–Kier alpha value is -1.40. The average Bonchev–Trinajstić information content (AvgIpc) is 3.27. The van der Waals surface area contributed by atoms with Crippen molar-refractivity contribution in [2.24, 2.45) is 5.84 Å². The van der Waals surface area contributed by atoms with Gasteiger partial charge in [-0.15, -0.1) is 0 Å². The molecule has 1 saturated carbocycles. The summed E-state index contributed by atoms with van der Waals surface area (Å²) in [6, 6.07) is 1.87. The Labute approximate surface area is 114 Å². The fraction of sp³-hybridized carbons (Fsp3) is 0.692. The van der Waals surface area contributed by atoms with Gasteiger partial charge in [0.05, 0.1) is 0 Å². The minimum Gasteiger partial charge on any atom is -0.396 e. The SMILES string of the molecule is CN(CCCCCO)c1cc(NN)nc(C2CC2)n1. The molecule has 0 amide bonds. The largest absolute Gasteiger partial charge is 0.396 e. The fourth-order valence-corrected chi connectivity index (χ4v) is 2.00. The van der Waals surface area contributed by atoms with Crippen molar-refractivity contribution in [2.45, 2.75) is 38.0 Å². The van der Waals surface area contributed by atoms with E-state index in [0.717, 1.165) is 37.4 Å². The molecule has 0 aromatic carbocycles. The summed E-state index contributed by atoms with van der Waals surface area (Å²) in [5, 5.41) is 8.76. The van der Waals surface area contributed by atoms with Crippen LogP contribution in [0.3, 0.4) is 0 Å². The van der Waals surface area contributed by atoms with E-state index in [1.807, 2.05) is 13.1 Å². The van der Waals surface area contributed by atoms with Gasteiger partial charge in [0.1, 0.15) is 17.5 Å². The molecule has 0 spiro atoms. The molecule has 0 bridgehead atoms. The minimum absolute atomic E-state index is 0.268. The molecular formula is C13H23N5O. The van der Waals surface area contributed by atoms with Crippen LogP contribution in [0.2, 0.25) is 0 Å². The first kappa shape index (κ1) is 14.0. The van der Waals surface area contributed by atoms with Crippen LogP contribution in [0.15, 0.2) is 6.07 Å². The van der Waals surface area contributed by atoms with Crippen LogP contribution in [0.1, 0.15) is 43.8 Å². The highest BCUT2D eigenvalue weighted by Gasteiger charge is 2.27. The number of hydrazine groups is 1. The Morgan fingerprint density at radius 1 is 1.37 bits per heavy atom. The molecule has 1 fully saturated rings. The van der Waals surface area contributed by atoms with Gasteiger partial charge in [-0.05, 0) is 32.1 Å². The molecule has 1 aromatic heterocycles. The van der Waals surface area contributed by atoms with Crippen LogP contribution in [-0.4, -0.2) is 35.3 Å². The normalized spacial score (nSPS) is 14.5. The van der Waals surface area contributed by atoms with Gasteiger partial charge < -0.3 is 15.4 Å². The van der Waals surface area contributed by atoms with Gasteiger partial charge in [0.15, 0.2) is 0 Å². The number of hydrogen-bond donors (Lipinski definition) is 3. The number of aliphatic hydroxyl groups is 1. The summed E-state index contributed by atoms with van der Waals surface area (Å²) < 4.78 is 0. The summed E-state index contributed by atoms with van der Waals surface area (Å²) in [4.78, 5) is 11.1. The van der Waals surface area contributed by atoms with Crippen molar-refractivity contribution in [3.63, 3.8) is 0 Å². The summed E-state index contributed by atoms with van der Waals surface area (Å²) in [6.07, 6.45) is 5.29. The maximum atomic E-state index is 8.76. The number of rotatable bonds is 8. The average molecular weight is 265 g/mol. The number of nitrogens with one attached hydrogen (secondary N) is 1. The zero-order chi connectivity index (χ0) is 13.7. The number of unbranched alkanes of at least 4 members (excludes halogenated alkanes) is 2.